The monoisotopic (exact) mass is 219 g/mol. The number of nitrogens with one attached hydrogen (secondary N) is 1. The molecule has 0 saturated carbocycles. The molecule has 1 aliphatic carbocycles. The Kier molecular flexibility index (Phi) is 3.14. The molecule has 0 aliphatic heterocycles. The van der Waals surface area contributed by atoms with E-state index in [0.717, 1.165) is 19.3 Å². The van der Waals surface area contributed by atoms with Crippen molar-refractivity contribution < 1.29 is 4.92 Å². The molecule has 1 aromatic heterocycles. The van der Waals surface area contributed by atoms with Gasteiger partial charge in [0.05, 0.1) is 11.0 Å². The van der Waals surface area contributed by atoms with Crippen molar-refractivity contribution in [1.29, 1.82) is 0 Å². The van der Waals surface area contributed by atoms with Gasteiger partial charge in [-0.2, -0.15) is 0 Å². The molecule has 1 unspecified atom stereocenters. The minimum Gasteiger partial charge on any atom is -0.367 e. The molecule has 84 valence electrons. The molecule has 0 saturated heterocycles. The number of hydrogen-bond acceptors (Lipinski definition) is 4. The first-order valence-electron chi connectivity index (χ1n) is 5.27. The average molecular weight is 219 g/mol. The quantitative estimate of drug-likeness (QED) is 0.482. The van der Waals surface area contributed by atoms with Gasteiger partial charge in [0.2, 0.25) is 0 Å². The van der Waals surface area contributed by atoms with E-state index in [9.17, 15) is 10.1 Å². The second-order valence-electron chi connectivity index (χ2n) is 3.78. The average Bonchev–Trinajstić information content (AvgIpc) is 2.30. The van der Waals surface area contributed by atoms with Gasteiger partial charge < -0.3 is 5.32 Å². The molecule has 5 nitrogen and oxygen atoms in total. The number of pyridine rings is 1. The second-order valence-corrected chi connectivity index (χ2v) is 3.78. The predicted molar refractivity (Wildman–Crippen MR) is 61.3 cm³/mol. The Balaban J connectivity index is 2.06. The van der Waals surface area contributed by atoms with Crippen LogP contribution in [-0.4, -0.2) is 15.9 Å². The first kappa shape index (κ1) is 10.6. The molecule has 16 heavy (non-hydrogen) atoms. The molecule has 1 N–H and O–H groups in total. The Morgan fingerprint density at radius 3 is 3.06 bits per heavy atom. The fraction of sp³-hybridized carbons (Fsp3) is 0.364. The van der Waals surface area contributed by atoms with Crippen LogP contribution >= 0.6 is 0 Å². The van der Waals surface area contributed by atoms with E-state index < -0.39 is 4.92 Å². The molecule has 0 fully saturated rings. The first-order chi connectivity index (χ1) is 7.75. The zero-order valence-electron chi connectivity index (χ0n) is 8.80. The lowest BCUT2D eigenvalue weighted by Crippen LogP contribution is -2.20. The SMILES string of the molecule is O=[N+]([O-])c1ccnc(NC2CC=CCC2)c1. The maximum Gasteiger partial charge on any atom is 0.274 e. The summed E-state index contributed by atoms with van der Waals surface area (Å²) in [6.07, 6.45) is 8.77. The van der Waals surface area contributed by atoms with Crippen LogP contribution < -0.4 is 5.32 Å². The highest BCUT2D eigenvalue weighted by Crippen LogP contribution is 2.19. The molecule has 0 aromatic carbocycles. The number of nitrogens with zero attached hydrogens (tertiary/aromatic N) is 2. The molecule has 5 heteroatoms. The van der Waals surface area contributed by atoms with Crippen LogP contribution in [0.4, 0.5) is 11.5 Å². The molecule has 0 amide bonds. The molecule has 0 radical (unpaired) electrons. The molecular formula is C11H13N3O2. The number of allylic oxidation sites excluding steroid dienone is 1. The lowest BCUT2D eigenvalue weighted by atomic mass is 10.0. The lowest BCUT2D eigenvalue weighted by molar-refractivity contribution is -0.384. The topological polar surface area (TPSA) is 68.1 Å². The predicted octanol–water partition coefficient (Wildman–Crippen LogP) is 2.51. The zero-order valence-corrected chi connectivity index (χ0v) is 8.80. The van der Waals surface area contributed by atoms with E-state index in [1.54, 1.807) is 0 Å². The lowest BCUT2D eigenvalue weighted by Gasteiger charge is -2.19. The molecular weight excluding hydrogens is 206 g/mol. The third-order valence-electron chi connectivity index (χ3n) is 2.58. The fourth-order valence-electron chi connectivity index (χ4n) is 1.75. The molecule has 0 bridgehead atoms. The maximum absolute atomic E-state index is 10.6. The summed E-state index contributed by atoms with van der Waals surface area (Å²) in [4.78, 5) is 14.3. The Morgan fingerprint density at radius 1 is 1.50 bits per heavy atom. The normalized spacial score (nSPS) is 19.4. The van der Waals surface area contributed by atoms with E-state index in [1.165, 1.54) is 18.3 Å². The van der Waals surface area contributed by atoms with Crippen LogP contribution in [0.15, 0.2) is 30.5 Å². The van der Waals surface area contributed by atoms with Crippen LogP contribution in [0.25, 0.3) is 0 Å². The largest absolute Gasteiger partial charge is 0.367 e. The van der Waals surface area contributed by atoms with Gasteiger partial charge in [-0.05, 0) is 19.3 Å². The summed E-state index contributed by atoms with van der Waals surface area (Å²) < 4.78 is 0. The van der Waals surface area contributed by atoms with Crippen molar-refractivity contribution in [2.75, 3.05) is 5.32 Å². The molecule has 1 aliphatic rings. The van der Waals surface area contributed by atoms with Gasteiger partial charge in [0, 0.05) is 18.3 Å². The smallest absolute Gasteiger partial charge is 0.274 e. The minimum absolute atomic E-state index is 0.0730. The zero-order chi connectivity index (χ0) is 11.4. The Labute approximate surface area is 93.3 Å². The molecule has 1 atom stereocenters. The van der Waals surface area contributed by atoms with Crippen molar-refractivity contribution in [3.05, 3.63) is 40.6 Å². The van der Waals surface area contributed by atoms with Crippen molar-refractivity contribution >= 4 is 11.5 Å². The van der Waals surface area contributed by atoms with Crippen LogP contribution in [0.5, 0.6) is 0 Å². The summed E-state index contributed by atoms with van der Waals surface area (Å²) in [5.41, 5.74) is 0.0730. The summed E-state index contributed by atoms with van der Waals surface area (Å²) in [6.45, 7) is 0. The summed E-state index contributed by atoms with van der Waals surface area (Å²) >= 11 is 0. The van der Waals surface area contributed by atoms with Gasteiger partial charge in [-0.1, -0.05) is 12.2 Å². The molecule has 1 aromatic rings. The van der Waals surface area contributed by atoms with Crippen molar-refractivity contribution in [3.8, 4) is 0 Å². The fourth-order valence-corrected chi connectivity index (χ4v) is 1.75. The van der Waals surface area contributed by atoms with Gasteiger partial charge in [-0.25, -0.2) is 4.98 Å². The van der Waals surface area contributed by atoms with Crippen molar-refractivity contribution in [2.45, 2.75) is 25.3 Å². The maximum atomic E-state index is 10.6. The summed E-state index contributed by atoms with van der Waals surface area (Å²) in [5.74, 6) is 0.578. The molecule has 1 heterocycles. The van der Waals surface area contributed by atoms with Gasteiger partial charge in [-0.3, -0.25) is 10.1 Å². The van der Waals surface area contributed by atoms with Gasteiger partial charge in [-0.15, -0.1) is 0 Å². The standard InChI is InChI=1S/C11H13N3O2/c15-14(16)10-6-7-12-11(8-10)13-9-4-2-1-3-5-9/h1-2,6-9H,3-5H2,(H,12,13). The highest BCUT2D eigenvalue weighted by molar-refractivity contribution is 5.45. The van der Waals surface area contributed by atoms with E-state index in [0.29, 0.717) is 11.9 Å². The van der Waals surface area contributed by atoms with Crippen LogP contribution in [0.3, 0.4) is 0 Å². The first-order valence-corrected chi connectivity index (χ1v) is 5.27. The summed E-state index contributed by atoms with van der Waals surface area (Å²) in [5, 5.41) is 13.8. The second kappa shape index (κ2) is 4.74. The van der Waals surface area contributed by atoms with Crippen LogP contribution in [0.1, 0.15) is 19.3 Å². The molecule has 0 spiro atoms. The third-order valence-corrected chi connectivity index (χ3v) is 2.58. The van der Waals surface area contributed by atoms with E-state index in [-0.39, 0.29) is 5.69 Å². The minimum atomic E-state index is -0.409. The van der Waals surface area contributed by atoms with Crippen LogP contribution in [0, 0.1) is 10.1 Å². The third kappa shape index (κ3) is 2.56. The van der Waals surface area contributed by atoms with Crippen LogP contribution in [0.2, 0.25) is 0 Å². The van der Waals surface area contributed by atoms with Gasteiger partial charge in [0.15, 0.2) is 0 Å². The van der Waals surface area contributed by atoms with Crippen molar-refractivity contribution in [1.82, 2.24) is 4.98 Å². The van der Waals surface area contributed by atoms with Crippen LogP contribution in [-0.2, 0) is 0 Å². The van der Waals surface area contributed by atoms with E-state index in [4.69, 9.17) is 0 Å². The van der Waals surface area contributed by atoms with Crippen molar-refractivity contribution in [2.24, 2.45) is 0 Å². The number of anilines is 1. The number of rotatable bonds is 3. The van der Waals surface area contributed by atoms with Crippen molar-refractivity contribution in [3.63, 3.8) is 0 Å². The van der Waals surface area contributed by atoms with E-state index in [2.05, 4.69) is 22.5 Å². The van der Waals surface area contributed by atoms with E-state index in [1.807, 2.05) is 0 Å². The molecule has 2 rings (SSSR count). The van der Waals surface area contributed by atoms with Gasteiger partial charge >= 0.3 is 0 Å². The Morgan fingerprint density at radius 2 is 2.38 bits per heavy atom. The number of hydrogen-bond donors (Lipinski definition) is 1. The number of nitro groups is 1. The van der Waals surface area contributed by atoms with Gasteiger partial charge in [0.1, 0.15) is 5.82 Å². The van der Waals surface area contributed by atoms with Gasteiger partial charge in [0.25, 0.3) is 5.69 Å². The Bertz CT molecular complexity index is 417. The Hall–Kier alpha value is -1.91. The summed E-state index contributed by atoms with van der Waals surface area (Å²) in [6, 6.07) is 3.20. The van der Waals surface area contributed by atoms with E-state index >= 15 is 0 Å². The number of aromatic nitrogens is 1. The highest BCUT2D eigenvalue weighted by atomic mass is 16.6. The summed E-state index contributed by atoms with van der Waals surface area (Å²) in [7, 11) is 0. The highest BCUT2D eigenvalue weighted by Gasteiger charge is 2.12.